The van der Waals surface area contributed by atoms with Crippen LogP contribution in [0.3, 0.4) is 0 Å². The van der Waals surface area contributed by atoms with Crippen LogP contribution in [0.4, 0.5) is 11.4 Å². The van der Waals surface area contributed by atoms with Crippen molar-refractivity contribution in [1.29, 1.82) is 0 Å². The Morgan fingerprint density at radius 3 is 1.74 bits per heavy atom. The molecule has 0 saturated carbocycles. The summed E-state index contributed by atoms with van der Waals surface area (Å²) in [6, 6.07) is 17.5. The average molecular weight is 351 g/mol. The number of hydrogen-bond acceptors (Lipinski definition) is 2. The molecule has 0 atom stereocenters. The van der Waals surface area contributed by atoms with Gasteiger partial charge in [-0.25, -0.2) is 0 Å². The minimum absolute atomic E-state index is 0.501. The molecular weight excluding hydrogens is 340 g/mol. The highest BCUT2D eigenvalue weighted by Crippen LogP contribution is 2.14. The predicted octanol–water partition coefficient (Wildman–Crippen LogP) is 4.63. The molecular formula is C14H11BrN2S2. The van der Waals surface area contributed by atoms with Gasteiger partial charge in [-0.15, -0.1) is 0 Å². The van der Waals surface area contributed by atoms with E-state index in [2.05, 4.69) is 26.6 Å². The quantitative estimate of drug-likeness (QED) is 0.771. The summed E-state index contributed by atoms with van der Waals surface area (Å²) in [4.78, 5) is 1.00. The van der Waals surface area contributed by atoms with Crippen LogP contribution in [0.15, 0.2) is 59.1 Å². The summed E-state index contributed by atoms with van der Waals surface area (Å²) in [7, 11) is 0. The number of anilines is 2. The summed E-state index contributed by atoms with van der Waals surface area (Å²) < 4.78 is 1.02. The molecule has 0 spiro atoms. The highest BCUT2D eigenvalue weighted by molar-refractivity contribution is 9.10. The number of para-hydroxylation sites is 1. The van der Waals surface area contributed by atoms with E-state index in [4.69, 9.17) is 24.4 Å². The van der Waals surface area contributed by atoms with Crippen molar-refractivity contribution in [3.05, 3.63) is 59.1 Å². The molecule has 0 heterocycles. The maximum Gasteiger partial charge on any atom is 0.138 e. The monoisotopic (exact) mass is 350 g/mol. The van der Waals surface area contributed by atoms with Crippen molar-refractivity contribution in [3.63, 3.8) is 0 Å². The summed E-state index contributed by atoms with van der Waals surface area (Å²) in [5, 5.41) is 6.19. The topological polar surface area (TPSA) is 24.1 Å². The molecule has 96 valence electrons. The number of thiocarbonyl (C=S) groups is 2. The summed E-state index contributed by atoms with van der Waals surface area (Å²) in [5.41, 5.74) is 1.83. The van der Waals surface area contributed by atoms with Crippen LogP contribution in [-0.2, 0) is 0 Å². The fourth-order valence-corrected chi connectivity index (χ4v) is 2.03. The van der Waals surface area contributed by atoms with E-state index in [1.165, 1.54) is 0 Å². The molecule has 0 aliphatic heterocycles. The van der Waals surface area contributed by atoms with Gasteiger partial charge in [0.2, 0.25) is 0 Å². The normalized spacial score (nSPS) is 9.74. The molecule has 5 heteroatoms. The van der Waals surface area contributed by atoms with E-state index >= 15 is 0 Å². The molecule has 0 radical (unpaired) electrons. The van der Waals surface area contributed by atoms with Gasteiger partial charge >= 0.3 is 0 Å². The Morgan fingerprint density at radius 2 is 1.21 bits per heavy atom. The van der Waals surface area contributed by atoms with E-state index < -0.39 is 0 Å². The third-order valence-corrected chi connectivity index (χ3v) is 3.61. The van der Waals surface area contributed by atoms with Gasteiger partial charge in [-0.05, 0) is 36.4 Å². The molecule has 0 aromatic heterocycles. The fourth-order valence-electron chi connectivity index (χ4n) is 1.43. The Balaban J connectivity index is 1.96. The van der Waals surface area contributed by atoms with Gasteiger partial charge in [-0.1, -0.05) is 58.6 Å². The van der Waals surface area contributed by atoms with Crippen LogP contribution in [0.1, 0.15) is 0 Å². The Bertz CT molecular complexity index is 582. The first-order chi connectivity index (χ1) is 9.15. The van der Waals surface area contributed by atoms with E-state index in [9.17, 15) is 0 Å². The highest BCUT2D eigenvalue weighted by Gasteiger charge is 2.05. The maximum atomic E-state index is 5.26. The van der Waals surface area contributed by atoms with Gasteiger partial charge in [0.1, 0.15) is 9.98 Å². The SMILES string of the molecule is S=C(Nc1ccccc1)C(=S)Nc1ccc(Br)cc1. The first kappa shape index (κ1) is 14.1. The third kappa shape index (κ3) is 4.38. The summed E-state index contributed by atoms with van der Waals surface area (Å²) in [6.45, 7) is 0. The van der Waals surface area contributed by atoms with Crippen molar-refractivity contribution >= 4 is 61.7 Å². The molecule has 0 amide bonds. The second-order valence-corrected chi connectivity index (χ2v) is 5.51. The zero-order chi connectivity index (χ0) is 13.7. The van der Waals surface area contributed by atoms with E-state index in [0.29, 0.717) is 9.98 Å². The second kappa shape index (κ2) is 6.75. The van der Waals surface area contributed by atoms with Crippen LogP contribution in [0.2, 0.25) is 0 Å². The minimum atomic E-state index is 0.501. The van der Waals surface area contributed by atoms with Gasteiger partial charge in [-0.2, -0.15) is 0 Å². The molecule has 0 aliphatic carbocycles. The molecule has 2 rings (SSSR count). The lowest BCUT2D eigenvalue weighted by Crippen LogP contribution is -2.25. The third-order valence-electron chi connectivity index (χ3n) is 2.34. The lowest BCUT2D eigenvalue weighted by atomic mass is 10.3. The van der Waals surface area contributed by atoms with Gasteiger partial charge in [-0.3, -0.25) is 0 Å². The maximum absolute atomic E-state index is 5.26. The van der Waals surface area contributed by atoms with Crippen LogP contribution in [-0.4, -0.2) is 9.98 Å². The highest BCUT2D eigenvalue weighted by atomic mass is 79.9. The molecule has 2 aromatic rings. The van der Waals surface area contributed by atoms with Crippen molar-refractivity contribution in [2.24, 2.45) is 0 Å². The lowest BCUT2D eigenvalue weighted by Gasteiger charge is -2.11. The zero-order valence-electron chi connectivity index (χ0n) is 9.89. The number of halogens is 1. The van der Waals surface area contributed by atoms with Gasteiger partial charge in [0.05, 0.1) is 0 Å². The van der Waals surface area contributed by atoms with E-state index in [-0.39, 0.29) is 0 Å². The number of rotatable bonds is 2. The largest absolute Gasteiger partial charge is 0.344 e. The summed E-state index contributed by atoms with van der Waals surface area (Å²) in [5.74, 6) is 0. The molecule has 0 bridgehead atoms. The minimum Gasteiger partial charge on any atom is -0.344 e. The Hall–Kier alpha value is -1.30. The fraction of sp³-hybridized carbons (Fsp3) is 0. The molecule has 0 saturated heterocycles. The van der Waals surface area contributed by atoms with Crippen molar-refractivity contribution in [2.45, 2.75) is 0 Å². The first-order valence-electron chi connectivity index (χ1n) is 5.58. The van der Waals surface area contributed by atoms with Crippen LogP contribution in [0.5, 0.6) is 0 Å². The average Bonchev–Trinajstić information content (AvgIpc) is 2.42. The van der Waals surface area contributed by atoms with Crippen molar-refractivity contribution in [2.75, 3.05) is 10.6 Å². The van der Waals surface area contributed by atoms with Crippen LogP contribution >= 0.6 is 40.4 Å². The Morgan fingerprint density at radius 1 is 0.737 bits per heavy atom. The number of benzene rings is 2. The van der Waals surface area contributed by atoms with E-state index in [1.54, 1.807) is 0 Å². The van der Waals surface area contributed by atoms with Crippen LogP contribution < -0.4 is 10.6 Å². The smallest absolute Gasteiger partial charge is 0.138 e. The second-order valence-electron chi connectivity index (χ2n) is 3.78. The number of hydrogen-bond donors (Lipinski definition) is 2. The lowest BCUT2D eigenvalue weighted by molar-refractivity contribution is 1.61. The van der Waals surface area contributed by atoms with Crippen molar-refractivity contribution in [1.82, 2.24) is 0 Å². The van der Waals surface area contributed by atoms with Gasteiger partial charge in [0.15, 0.2) is 0 Å². The molecule has 2 aromatic carbocycles. The molecule has 2 nitrogen and oxygen atoms in total. The van der Waals surface area contributed by atoms with Gasteiger partial charge in [0, 0.05) is 15.8 Å². The van der Waals surface area contributed by atoms with Crippen LogP contribution in [0, 0.1) is 0 Å². The molecule has 0 aliphatic rings. The molecule has 2 N–H and O–H groups in total. The van der Waals surface area contributed by atoms with E-state index in [0.717, 1.165) is 15.8 Å². The first-order valence-corrected chi connectivity index (χ1v) is 7.19. The summed E-state index contributed by atoms with van der Waals surface area (Å²) in [6.07, 6.45) is 0. The van der Waals surface area contributed by atoms with Crippen LogP contribution in [0.25, 0.3) is 0 Å². The number of nitrogens with one attached hydrogen (secondary N) is 2. The molecule has 0 unspecified atom stereocenters. The Kier molecular flexibility index (Phi) is 5.01. The summed E-state index contributed by atoms with van der Waals surface area (Å²) >= 11 is 13.9. The van der Waals surface area contributed by atoms with Gasteiger partial charge in [0.25, 0.3) is 0 Å². The zero-order valence-corrected chi connectivity index (χ0v) is 13.1. The molecule has 0 fully saturated rings. The van der Waals surface area contributed by atoms with E-state index in [1.807, 2.05) is 54.6 Å². The van der Waals surface area contributed by atoms with Crippen molar-refractivity contribution < 1.29 is 0 Å². The standard InChI is InChI=1S/C14H11BrN2S2/c15-10-6-8-12(9-7-10)17-14(19)13(18)16-11-4-2-1-3-5-11/h1-9H,(H,16,18)(H,17,19). The Labute approximate surface area is 131 Å². The molecule has 19 heavy (non-hydrogen) atoms. The van der Waals surface area contributed by atoms with Crippen molar-refractivity contribution in [3.8, 4) is 0 Å². The predicted molar refractivity (Wildman–Crippen MR) is 93.0 cm³/mol. The van der Waals surface area contributed by atoms with Gasteiger partial charge < -0.3 is 10.6 Å².